The summed E-state index contributed by atoms with van der Waals surface area (Å²) in [5.74, 6) is 0.482. The molecule has 0 saturated carbocycles. The lowest BCUT2D eigenvalue weighted by Gasteiger charge is -2.15. The summed E-state index contributed by atoms with van der Waals surface area (Å²) in [4.78, 5) is 0. The molecule has 20 heavy (non-hydrogen) atoms. The Labute approximate surface area is 122 Å². The standard InChI is InChI=1S/C19H24O/c1-3-5-12-17-15(9-4-2)13-14-18(19(17)20)16-10-7-6-8-11-16/h6-8,10-11,13-14,20H,3-5,9,12H2,1-2H3. The molecule has 2 aromatic rings. The van der Waals surface area contributed by atoms with Crippen molar-refractivity contribution in [2.24, 2.45) is 0 Å². The molecular weight excluding hydrogens is 244 g/mol. The number of rotatable bonds is 6. The minimum Gasteiger partial charge on any atom is -0.507 e. The third-order valence-corrected chi connectivity index (χ3v) is 3.76. The molecule has 1 N–H and O–H groups in total. The molecule has 0 spiro atoms. The predicted molar refractivity (Wildman–Crippen MR) is 86.1 cm³/mol. The molecule has 1 nitrogen and oxygen atoms in total. The Morgan fingerprint density at radius 1 is 0.850 bits per heavy atom. The van der Waals surface area contributed by atoms with Crippen LogP contribution in [0.25, 0.3) is 11.1 Å². The summed E-state index contributed by atoms with van der Waals surface area (Å²) in [7, 11) is 0. The first kappa shape index (κ1) is 14.6. The second-order valence-electron chi connectivity index (χ2n) is 5.32. The zero-order valence-electron chi connectivity index (χ0n) is 12.5. The van der Waals surface area contributed by atoms with Crippen LogP contribution in [0.15, 0.2) is 42.5 Å². The van der Waals surface area contributed by atoms with Gasteiger partial charge in [-0.15, -0.1) is 0 Å². The van der Waals surface area contributed by atoms with Gasteiger partial charge in [0.05, 0.1) is 0 Å². The highest BCUT2D eigenvalue weighted by Gasteiger charge is 2.13. The topological polar surface area (TPSA) is 20.2 Å². The molecule has 0 fully saturated rings. The maximum atomic E-state index is 10.7. The second-order valence-corrected chi connectivity index (χ2v) is 5.32. The van der Waals surface area contributed by atoms with E-state index < -0.39 is 0 Å². The number of aromatic hydroxyl groups is 1. The molecule has 0 heterocycles. The SMILES string of the molecule is CCCCc1c(CCC)ccc(-c2ccccc2)c1O. The van der Waals surface area contributed by atoms with Gasteiger partial charge in [0.15, 0.2) is 0 Å². The third kappa shape index (κ3) is 3.22. The van der Waals surface area contributed by atoms with Crippen molar-refractivity contribution >= 4 is 0 Å². The molecule has 2 aromatic carbocycles. The maximum absolute atomic E-state index is 10.7. The third-order valence-electron chi connectivity index (χ3n) is 3.76. The van der Waals surface area contributed by atoms with Crippen molar-refractivity contribution in [3.05, 3.63) is 53.6 Å². The molecule has 0 saturated heterocycles. The van der Waals surface area contributed by atoms with E-state index in [1.165, 1.54) is 5.56 Å². The van der Waals surface area contributed by atoms with Crippen LogP contribution in [0.4, 0.5) is 0 Å². The number of benzene rings is 2. The molecule has 2 rings (SSSR count). The Morgan fingerprint density at radius 3 is 2.25 bits per heavy atom. The molecular formula is C19H24O. The first-order valence-corrected chi connectivity index (χ1v) is 7.67. The molecule has 0 bridgehead atoms. The molecule has 106 valence electrons. The van der Waals surface area contributed by atoms with E-state index in [4.69, 9.17) is 0 Å². The van der Waals surface area contributed by atoms with E-state index in [0.29, 0.717) is 5.75 Å². The fraction of sp³-hybridized carbons (Fsp3) is 0.368. The summed E-state index contributed by atoms with van der Waals surface area (Å²) < 4.78 is 0. The number of hydrogen-bond acceptors (Lipinski definition) is 1. The fourth-order valence-electron chi connectivity index (χ4n) is 2.66. The Bertz CT molecular complexity index is 543. The highest BCUT2D eigenvalue weighted by Crippen LogP contribution is 2.35. The molecule has 0 radical (unpaired) electrons. The number of hydrogen-bond donors (Lipinski definition) is 1. The van der Waals surface area contributed by atoms with Crippen molar-refractivity contribution in [2.45, 2.75) is 46.0 Å². The van der Waals surface area contributed by atoms with Crippen LogP contribution in [-0.4, -0.2) is 5.11 Å². The van der Waals surface area contributed by atoms with Crippen LogP contribution in [0, 0.1) is 0 Å². The van der Waals surface area contributed by atoms with Crippen LogP contribution >= 0.6 is 0 Å². The predicted octanol–water partition coefficient (Wildman–Crippen LogP) is 5.35. The fourth-order valence-corrected chi connectivity index (χ4v) is 2.66. The first-order chi connectivity index (χ1) is 9.77. The van der Waals surface area contributed by atoms with Gasteiger partial charge < -0.3 is 5.11 Å². The number of unbranched alkanes of at least 4 members (excludes halogenated alkanes) is 1. The van der Waals surface area contributed by atoms with E-state index in [1.54, 1.807) is 0 Å². The van der Waals surface area contributed by atoms with Crippen LogP contribution in [0.1, 0.15) is 44.2 Å². The van der Waals surface area contributed by atoms with E-state index in [9.17, 15) is 5.11 Å². The maximum Gasteiger partial charge on any atom is 0.126 e. The largest absolute Gasteiger partial charge is 0.507 e. The summed E-state index contributed by atoms with van der Waals surface area (Å²) in [5, 5.41) is 10.7. The molecule has 0 aromatic heterocycles. The number of phenolic OH excluding ortho intramolecular Hbond substituents is 1. The van der Waals surface area contributed by atoms with Gasteiger partial charge in [0.2, 0.25) is 0 Å². The van der Waals surface area contributed by atoms with Crippen LogP contribution in [0.5, 0.6) is 5.75 Å². The molecule has 0 aliphatic rings. The van der Waals surface area contributed by atoms with Crippen LogP contribution < -0.4 is 0 Å². The highest BCUT2D eigenvalue weighted by molar-refractivity contribution is 5.72. The average molecular weight is 268 g/mol. The van der Waals surface area contributed by atoms with E-state index in [2.05, 4.69) is 38.1 Å². The normalized spacial score (nSPS) is 10.7. The van der Waals surface area contributed by atoms with Gasteiger partial charge >= 0.3 is 0 Å². The summed E-state index contributed by atoms with van der Waals surface area (Å²) in [6.07, 6.45) is 5.41. The summed E-state index contributed by atoms with van der Waals surface area (Å²) in [6.45, 7) is 4.38. The van der Waals surface area contributed by atoms with Gasteiger partial charge in [0, 0.05) is 5.56 Å². The number of aryl methyl sites for hydroxylation is 1. The van der Waals surface area contributed by atoms with Crippen LogP contribution in [0.2, 0.25) is 0 Å². The molecule has 1 heteroatoms. The monoisotopic (exact) mass is 268 g/mol. The zero-order valence-corrected chi connectivity index (χ0v) is 12.5. The van der Waals surface area contributed by atoms with Gasteiger partial charge in [0.1, 0.15) is 5.75 Å². The molecule has 0 aliphatic heterocycles. The zero-order chi connectivity index (χ0) is 14.4. The summed E-state index contributed by atoms with van der Waals surface area (Å²) in [6, 6.07) is 14.4. The molecule has 0 amide bonds. The van der Waals surface area contributed by atoms with Gasteiger partial charge in [-0.2, -0.15) is 0 Å². The van der Waals surface area contributed by atoms with Crippen molar-refractivity contribution in [3.8, 4) is 16.9 Å². The summed E-state index contributed by atoms with van der Waals surface area (Å²) >= 11 is 0. The quantitative estimate of drug-likeness (QED) is 0.748. The van der Waals surface area contributed by atoms with Crippen LogP contribution in [0.3, 0.4) is 0 Å². The van der Waals surface area contributed by atoms with Gasteiger partial charge in [-0.3, -0.25) is 0 Å². The van der Waals surface area contributed by atoms with Crippen molar-refractivity contribution in [3.63, 3.8) is 0 Å². The minimum atomic E-state index is 0.482. The Balaban J connectivity index is 2.45. The van der Waals surface area contributed by atoms with Gasteiger partial charge in [-0.1, -0.05) is 69.2 Å². The Kier molecular flexibility index (Phi) is 5.23. The van der Waals surface area contributed by atoms with Crippen molar-refractivity contribution in [1.29, 1.82) is 0 Å². The lowest BCUT2D eigenvalue weighted by Crippen LogP contribution is -1.97. The first-order valence-electron chi connectivity index (χ1n) is 7.67. The molecule has 0 atom stereocenters. The van der Waals surface area contributed by atoms with E-state index in [1.807, 2.05) is 18.2 Å². The van der Waals surface area contributed by atoms with Crippen molar-refractivity contribution in [1.82, 2.24) is 0 Å². The lowest BCUT2D eigenvalue weighted by molar-refractivity contribution is 0.467. The van der Waals surface area contributed by atoms with E-state index in [0.717, 1.165) is 48.8 Å². The summed E-state index contributed by atoms with van der Waals surface area (Å²) in [5.41, 5.74) is 4.50. The van der Waals surface area contributed by atoms with E-state index >= 15 is 0 Å². The highest BCUT2D eigenvalue weighted by atomic mass is 16.3. The van der Waals surface area contributed by atoms with Gasteiger partial charge in [-0.05, 0) is 36.0 Å². The van der Waals surface area contributed by atoms with Gasteiger partial charge in [-0.25, -0.2) is 0 Å². The van der Waals surface area contributed by atoms with E-state index in [-0.39, 0.29) is 0 Å². The molecule has 0 aliphatic carbocycles. The van der Waals surface area contributed by atoms with Crippen molar-refractivity contribution in [2.75, 3.05) is 0 Å². The lowest BCUT2D eigenvalue weighted by atomic mass is 9.92. The second kappa shape index (κ2) is 7.14. The Hall–Kier alpha value is -1.76. The Morgan fingerprint density at radius 2 is 1.60 bits per heavy atom. The minimum absolute atomic E-state index is 0.482. The molecule has 0 unspecified atom stereocenters. The number of phenols is 1. The smallest absolute Gasteiger partial charge is 0.126 e. The average Bonchev–Trinajstić information content (AvgIpc) is 2.48. The van der Waals surface area contributed by atoms with Crippen LogP contribution in [-0.2, 0) is 12.8 Å². The van der Waals surface area contributed by atoms with Gasteiger partial charge in [0.25, 0.3) is 0 Å². The van der Waals surface area contributed by atoms with Crippen molar-refractivity contribution < 1.29 is 5.11 Å².